The summed E-state index contributed by atoms with van der Waals surface area (Å²) >= 11 is 0. The number of amides is 1. The van der Waals surface area contributed by atoms with E-state index < -0.39 is 20.7 Å². The summed E-state index contributed by atoms with van der Waals surface area (Å²) < 4.78 is 51.3. The predicted octanol–water partition coefficient (Wildman–Crippen LogP) is 1.89. The van der Waals surface area contributed by atoms with E-state index in [-0.39, 0.29) is 31.6 Å². The van der Waals surface area contributed by atoms with Crippen molar-refractivity contribution in [3.05, 3.63) is 48.3 Å². The summed E-state index contributed by atoms with van der Waals surface area (Å²) in [6.45, 7) is 0.551. The maximum atomic E-state index is 13.7. The molecule has 2 aliphatic heterocycles. The Kier molecular flexibility index (Phi) is 4.48. The van der Waals surface area contributed by atoms with Crippen LogP contribution in [0.4, 0.5) is 10.1 Å². The Hall–Kier alpha value is -2.65. The van der Waals surface area contributed by atoms with Crippen molar-refractivity contribution in [2.75, 3.05) is 24.8 Å². The molecule has 0 aromatic heterocycles. The van der Waals surface area contributed by atoms with Gasteiger partial charge >= 0.3 is 0 Å². The maximum Gasteiger partial charge on any atom is 0.243 e. The van der Waals surface area contributed by atoms with Crippen LogP contribution in [0.3, 0.4) is 0 Å². The van der Waals surface area contributed by atoms with Gasteiger partial charge < -0.3 is 14.4 Å². The van der Waals surface area contributed by atoms with E-state index in [2.05, 4.69) is 4.72 Å². The predicted molar refractivity (Wildman–Crippen MR) is 94.6 cm³/mol. The van der Waals surface area contributed by atoms with E-state index >= 15 is 0 Å². The summed E-state index contributed by atoms with van der Waals surface area (Å²) in [5.74, 6) is 0.0616. The molecule has 27 heavy (non-hydrogen) atoms. The van der Waals surface area contributed by atoms with Gasteiger partial charge in [0.15, 0.2) is 11.5 Å². The van der Waals surface area contributed by atoms with E-state index in [1.807, 2.05) is 0 Å². The largest absolute Gasteiger partial charge is 0.454 e. The number of carbonyl (C=O) groups excluding carboxylic acids is 1. The Labute approximate surface area is 155 Å². The second-order valence-corrected chi connectivity index (χ2v) is 8.13. The molecule has 0 saturated carbocycles. The van der Waals surface area contributed by atoms with Crippen molar-refractivity contribution in [1.29, 1.82) is 0 Å². The van der Waals surface area contributed by atoms with Gasteiger partial charge in [-0.2, -0.15) is 0 Å². The van der Waals surface area contributed by atoms with Crippen LogP contribution in [-0.4, -0.2) is 34.2 Å². The fraction of sp³-hybridized carbons (Fsp3) is 0.278. The van der Waals surface area contributed by atoms with E-state index in [0.29, 0.717) is 23.7 Å². The van der Waals surface area contributed by atoms with Gasteiger partial charge in [0.2, 0.25) is 22.7 Å². The molecule has 1 atom stereocenters. The Morgan fingerprint density at radius 2 is 1.93 bits per heavy atom. The summed E-state index contributed by atoms with van der Waals surface area (Å²) in [7, 11) is -3.98. The highest BCUT2D eigenvalue weighted by atomic mass is 32.2. The zero-order valence-electron chi connectivity index (χ0n) is 14.2. The quantitative estimate of drug-likeness (QED) is 0.840. The highest BCUT2D eigenvalue weighted by Gasteiger charge is 2.32. The van der Waals surface area contributed by atoms with Gasteiger partial charge in [-0.25, -0.2) is 17.5 Å². The minimum absolute atomic E-state index is 0.0451. The molecule has 2 aromatic rings. The average molecular weight is 392 g/mol. The molecule has 142 valence electrons. The first kappa shape index (κ1) is 17.7. The number of sulfonamides is 1. The fourth-order valence-electron chi connectivity index (χ4n) is 3.19. The molecule has 0 unspecified atom stereocenters. The van der Waals surface area contributed by atoms with Crippen molar-refractivity contribution >= 4 is 21.6 Å². The number of halogens is 1. The van der Waals surface area contributed by atoms with Gasteiger partial charge in [0, 0.05) is 31.3 Å². The Balaban J connectivity index is 1.43. The van der Waals surface area contributed by atoms with Gasteiger partial charge in [0.05, 0.1) is 0 Å². The topological polar surface area (TPSA) is 84.9 Å². The van der Waals surface area contributed by atoms with E-state index in [1.165, 1.54) is 18.2 Å². The molecule has 2 aromatic carbocycles. The van der Waals surface area contributed by atoms with Crippen molar-refractivity contribution in [3.63, 3.8) is 0 Å². The molecule has 2 aliphatic rings. The number of anilines is 1. The lowest BCUT2D eigenvalue weighted by atomic mass is 10.1. The monoisotopic (exact) mass is 392 g/mol. The smallest absolute Gasteiger partial charge is 0.243 e. The number of benzene rings is 2. The lowest BCUT2D eigenvalue weighted by Gasteiger charge is -2.17. The van der Waals surface area contributed by atoms with Crippen LogP contribution in [0.15, 0.2) is 47.4 Å². The Bertz CT molecular complexity index is 995. The number of nitrogens with zero attached hydrogens (tertiary/aromatic N) is 1. The van der Waals surface area contributed by atoms with Crippen LogP contribution in [-0.2, 0) is 14.8 Å². The van der Waals surface area contributed by atoms with Crippen LogP contribution in [0.25, 0.3) is 0 Å². The first-order chi connectivity index (χ1) is 12.9. The minimum Gasteiger partial charge on any atom is -0.454 e. The molecule has 0 aliphatic carbocycles. The number of hydrogen-bond acceptors (Lipinski definition) is 5. The van der Waals surface area contributed by atoms with E-state index in [9.17, 15) is 17.6 Å². The molecule has 0 spiro atoms. The van der Waals surface area contributed by atoms with Gasteiger partial charge in [-0.05, 0) is 30.2 Å². The Morgan fingerprint density at radius 3 is 2.74 bits per heavy atom. The highest BCUT2D eigenvalue weighted by molar-refractivity contribution is 7.89. The second kappa shape index (κ2) is 6.82. The lowest BCUT2D eigenvalue weighted by molar-refractivity contribution is -0.117. The molecule has 9 heteroatoms. The highest BCUT2D eigenvalue weighted by Crippen LogP contribution is 2.37. The average Bonchev–Trinajstić information content (AvgIpc) is 3.26. The molecule has 1 amide bonds. The van der Waals surface area contributed by atoms with Crippen molar-refractivity contribution < 1.29 is 27.1 Å². The second-order valence-electron chi connectivity index (χ2n) is 6.39. The first-order valence-corrected chi connectivity index (χ1v) is 9.86. The number of rotatable bonds is 5. The van der Waals surface area contributed by atoms with Crippen LogP contribution in [0.2, 0.25) is 0 Å². The van der Waals surface area contributed by atoms with Crippen molar-refractivity contribution in [3.8, 4) is 11.5 Å². The van der Waals surface area contributed by atoms with Crippen LogP contribution >= 0.6 is 0 Å². The summed E-state index contributed by atoms with van der Waals surface area (Å²) in [5.41, 5.74) is 0.670. The van der Waals surface area contributed by atoms with E-state index in [0.717, 1.165) is 6.07 Å². The number of nitrogens with one attached hydrogen (secondary N) is 1. The molecular weight excluding hydrogens is 375 g/mol. The molecule has 4 rings (SSSR count). The van der Waals surface area contributed by atoms with Crippen LogP contribution < -0.4 is 19.1 Å². The number of hydrogen-bond donors (Lipinski definition) is 1. The van der Waals surface area contributed by atoms with Crippen LogP contribution in [0.5, 0.6) is 11.5 Å². The molecule has 1 saturated heterocycles. The third-order valence-electron chi connectivity index (χ3n) is 4.56. The van der Waals surface area contributed by atoms with Crippen molar-refractivity contribution in [2.45, 2.75) is 11.3 Å². The lowest BCUT2D eigenvalue weighted by Crippen LogP contribution is -2.31. The fourth-order valence-corrected chi connectivity index (χ4v) is 4.38. The summed E-state index contributed by atoms with van der Waals surface area (Å²) in [6, 6.07) is 10.4. The molecule has 0 bridgehead atoms. The summed E-state index contributed by atoms with van der Waals surface area (Å²) in [6.07, 6.45) is 0.203. The molecule has 1 fully saturated rings. The summed E-state index contributed by atoms with van der Waals surface area (Å²) in [5, 5.41) is 0. The Morgan fingerprint density at radius 1 is 1.15 bits per heavy atom. The number of ether oxygens (including phenoxy) is 2. The van der Waals surface area contributed by atoms with Crippen LogP contribution in [0.1, 0.15) is 6.42 Å². The molecular formula is C18H17FN2O5S. The van der Waals surface area contributed by atoms with E-state index in [1.54, 1.807) is 23.1 Å². The molecule has 2 heterocycles. The third kappa shape index (κ3) is 3.47. The van der Waals surface area contributed by atoms with Gasteiger partial charge in [0.25, 0.3) is 0 Å². The van der Waals surface area contributed by atoms with Crippen molar-refractivity contribution in [1.82, 2.24) is 4.72 Å². The minimum atomic E-state index is -3.98. The van der Waals surface area contributed by atoms with Gasteiger partial charge in [-0.15, -0.1) is 0 Å². The zero-order chi connectivity index (χ0) is 19.0. The molecule has 7 nitrogen and oxygen atoms in total. The van der Waals surface area contributed by atoms with Gasteiger partial charge in [0.1, 0.15) is 10.7 Å². The molecule has 0 radical (unpaired) electrons. The van der Waals surface area contributed by atoms with E-state index in [4.69, 9.17) is 9.47 Å². The zero-order valence-corrected chi connectivity index (χ0v) is 15.0. The van der Waals surface area contributed by atoms with Crippen LogP contribution in [0, 0.1) is 11.7 Å². The van der Waals surface area contributed by atoms with Crippen molar-refractivity contribution in [2.24, 2.45) is 5.92 Å². The van der Waals surface area contributed by atoms with Gasteiger partial charge in [-0.3, -0.25) is 4.79 Å². The summed E-state index contributed by atoms with van der Waals surface area (Å²) in [4.78, 5) is 13.5. The maximum absolute atomic E-state index is 13.7. The van der Waals surface area contributed by atoms with Gasteiger partial charge in [-0.1, -0.05) is 12.1 Å². The normalized spacial score (nSPS) is 18.9. The first-order valence-electron chi connectivity index (χ1n) is 8.38. The number of carbonyl (C=O) groups is 1. The standard InChI is InChI=1S/C18H17FN2O5S/c19-14-3-1-2-4-17(14)27(23,24)20-9-12-7-18(22)21(10-12)13-5-6-15-16(8-13)26-11-25-15/h1-6,8,12,20H,7,9-11H2/t12-/m1/s1. The SMILES string of the molecule is O=C1C[C@H](CNS(=O)(=O)c2ccccc2F)CN1c1ccc2c(c1)OCO2. The third-order valence-corrected chi connectivity index (χ3v) is 6.02. The molecule has 1 N–H and O–H groups in total. The number of fused-ring (bicyclic) bond motifs is 1.